The van der Waals surface area contributed by atoms with Crippen LogP contribution in [0, 0.1) is 6.92 Å². The van der Waals surface area contributed by atoms with Gasteiger partial charge >= 0.3 is 0 Å². The standard InChI is InChI=1S/C25H21S/c1-20-16-18-23(19-17-20)26(22-12-6-3-7-13-22)25-15-9-8-14-24(25)21-10-4-2-5-11-21/h2-19H,1H3/q+1. The van der Waals surface area contributed by atoms with Gasteiger partial charge in [-0.1, -0.05) is 78.4 Å². The van der Waals surface area contributed by atoms with Gasteiger partial charge < -0.3 is 0 Å². The van der Waals surface area contributed by atoms with Crippen molar-refractivity contribution < 1.29 is 0 Å². The molecular formula is C25H21S+. The van der Waals surface area contributed by atoms with Crippen molar-refractivity contribution in [3.8, 4) is 11.1 Å². The van der Waals surface area contributed by atoms with Crippen LogP contribution in [0.4, 0.5) is 0 Å². The van der Waals surface area contributed by atoms with Crippen LogP contribution in [0.1, 0.15) is 5.56 Å². The van der Waals surface area contributed by atoms with E-state index in [9.17, 15) is 0 Å². The summed E-state index contributed by atoms with van der Waals surface area (Å²) >= 11 is 0. The number of hydrogen-bond donors (Lipinski definition) is 0. The van der Waals surface area contributed by atoms with Crippen LogP contribution in [-0.2, 0) is 10.9 Å². The SMILES string of the molecule is Cc1ccc([S+](c2ccccc2)c2ccccc2-c2ccccc2)cc1. The lowest BCUT2D eigenvalue weighted by Gasteiger charge is -2.12. The number of aryl methyl sites for hydroxylation is 1. The third kappa shape index (κ3) is 3.44. The lowest BCUT2D eigenvalue weighted by molar-refractivity contribution is 1.30. The quantitative estimate of drug-likeness (QED) is 0.356. The van der Waals surface area contributed by atoms with Crippen molar-refractivity contribution >= 4 is 10.9 Å². The van der Waals surface area contributed by atoms with Crippen LogP contribution < -0.4 is 0 Å². The van der Waals surface area contributed by atoms with E-state index in [1.54, 1.807) is 0 Å². The smallest absolute Gasteiger partial charge is 0.0622 e. The first kappa shape index (κ1) is 16.7. The highest BCUT2D eigenvalue weighted by Crippen LogP contribution is 2.37. The zero-order chi connectivity index (χ0) is 17.8. The number of hydrogen-bond acceptors (Lipinski definition) is 0. The van der Waals surface area contributed by atoms with Crippen molar-refractivity contribution in [1.82, 2.24) is 0 Å². The van der Waals surface area contributed by atoms with E-state index in [1.807, 2.05) is 0 Å². The average molecular weight is 354 g/mol. The van der Waals surface area contributed by atoms with Gasteiger partial charge in [-0.25, -0.2) is 0 Å². The van der Waals surface area contributed by atoms with Gasteiger partial charge in [0, 0.05) is 5.56 Å². The molecule has 0 aromatic heterocycles. The van der Waals surface area contributed by atoms with Crippen LogP contribution in [0.15, 0.2) is 124 Å². The minimum absolute atomic E-state index is 0.135. The molecule has 0 heterocycles. The van der Waals surface area contributed by atoms with Crippen molar-refractivity contribution in [1.29, 1.82) is 0 Å². The molecule has 26 heavy (non-hydrogen) atoms. The fourth-order valence-corrected chi connectivity index (χ4v) is 5.36. The van der Waals surface area contributed by atoms with Gasteiger partial charge in [-0.15, -0.1) is 0 Å². The Balaban J connectivity index is 1.92. The van der Waals surface area contributed by atoms with E-state index in [0.717, 1.165) is 0 Å². The van der Waals surface area contributed by atoms with Gasteiger partial charge in [0.05, 0.1) is 10.9 Å². The van der Waals surface area contributed by atoms with Crippen molar-refractivity contribution in [2.75, 3.05) is 0 Å². The van der Waals surface area contributed by atoms with Crippen molar-refractivity contribution in [3.63, 3.8) is 0 Å². The third-order valence-corrected chi connectivity index (χ3v) is 6.71. The normalized spacial score (nSPS) is 11.9. The highest BCUT2D eigenvalue weighted by atomic mass is 32.2. The van der Waals surface area contributed by atoms with E-state index in [0.29, 0.717) is 0 Å². The van der Waals surface area contributed by atoms with Crippen molar-refractivity contribution in [2.45, 2.75) is 21.6 Å². The van der Waals surface area contributed by atoms with E-state index in [2.05, 4.69) is 116 Å². The first-order chi connectivity index (χ1) is 12.8. The summed E-state index contributed by atoms with van der Waals surface area (Å²) in [5.74, 6) is 0. The fourth-order valence-electron chi connectivity index (χ4n) is 3.12. The predicted molar refractivity (Wildman–Crippen MR) is 112 cm³/mol. The summed E-state index contributed by atoms with van der Waals surface area (Å²) in [6, 6.07) is 39.3. The van der Waals surface area contributed by atoms with Crippen LogP contribution in [0.5, 0.6) is 0 Å². The van der Waals surface area contributed by atoms with E-state index in [1.165, 1.54) is 31.4 Å². The van der Waals surface area contributed by atoms with Gasteiger partial charge in [0.1, 0.15) is 0 Å². The molecule has 0 aliphatic carbocycles. The molecule has 0 fully saturated rings. The Morgan fingerprint density at radius 1 is 0.500 bits per heavy atom. The van der Waals surface area contributed by atoms with Gasteiger partial charge in [-0.3, -0.25) is 0 Å². The summed E-state index contributed by atoms with van der Waals surface area (Å²) in [6.07, 6.45) is 0. The zero-order valence-electron chi connectivity index (χ0n) is 14.8. The van der Waals surface area contributed by atoms with Crippen molar-refractivity contribution in [3.05, 3.63) is 115 Å². The van der Waals surface area contributed by atoms with E-state index in [-0.39, 0.29) is 10.9 Å². The Kier molecular flexibility index (Phi) is 4.90. The molecule has 1 atom stereocenters. The molecule has 4 aromatic carbocycles. The van der Waals surface area contributed by atoms with E-state index in [4.69, 9.17) is 0 Å². The van der Waals surface area contributed by atoms with Crippen LogP contribution in [0.25, 0.3) is 11.1 Å². The molecule has 0 N–H and O–H groups in total. The van der Waals surface area contributed by atoms with Crippen LogP contribution in [-0.4, -0.2) is 0 Å². The van der Waals surface area contributed by atoms with Crippen LogP contribution in [0.2, 0.25) is 0 Å². The molecule has 4 rings (SSSR count). The van der Waals surface area contributed by atoms with Crippen molar-refractivity contribution in [2.24, 2.45) is 0 Å². The maximum atomic E-state index is 2.28. The predicted octanol–water partition coefficient (Wildman–Crippen LogP) is 6.76. The summed E-state index contributed by atoms with van der Waals surface area (Å²) in [5, 5.41) is 0. The first-order valence-corrected chi connectivity index (χ1v) is 10.1. The van der Waals surface area contributed by atoms with Gasteiger partial charge in [-0.2, -0.15) is 0 Å². The highest BCUT2D eigenvalue weighted by molar-refractivity contribution is 7.97. The fraction of sp³-hybridized carbons (Fsp3) is 0.0400. The summed E-state index contributed by atoms with van der Waals surface area (Å²) < 4.78 is 0. The minimum Gasteiger partial charge on any atom is -0.0622 e. The summed E-state index contributed by atoms with van der Waals surface area (Å²) in [5.41, 5.74) is 3.87. The molecule has 0 aliphatic heterocycles. The molecule has 0 saturated carbocycles. The molecule has 126 valence electrons. The third-order valence-electron chi connectivity index (χ3n) is 4.43. The Morgan fingerprint density at radius 3 is 1.73 bits per heavy atom. The summed E-state index contributed by atoms with van der Waals surface area (Å²) in [7, 11) is -0.135. The molecular weight excluding hydrogens is 332 g/mol. The molecule has 0 spiro atoms. The largest absolute Gasteiger partial charge is 0.174 e. The molecule has 0 bridgehead atoms. The molecule has 4 aromatic rings. The number of benzene rings is 4. The first-order valence-electron chi connectivity index (χ1n) is 8.83. The minimum atomic E-state index is -0.135. The van der Waals surface area contributed by atoms with E-state index >= 15 is 0 Å². The van der Waals surface area contributed by atoms with Crippen LogP contribution >= 0.6 is 0 Å². The maximum Gasteiger partial charge on any atom is 0.174 e. The monoisotopic (exact) mass is 353 g/mol. The molecule has 0 radical (unpaired) electrons. The van der Waals surface area contributed by atoms with Gasteiger partial charge in [0.2, 0.25) is 0 Å². The second-order valence-corrected chi connectivity index (χ2v) is 8.29. The second-order valence-electron chi connectivity index (χ2n) is 6.29. The highest BCUT2D eigenvalue weighted by Gasteiger charge is 2.31. The Labute approximate surface area is 158 Å². The second kappa shape index (κ2) is 7.63. The van der Waals surface area contributed by atoms with Gasteiger partial charge in [-0.05, 0) is 48.9 Å². The summed E-state index contributed by atoms with van der Waals surface area (Å²) in [6.45, 7) is 2.14. The zero-order valence-corrected chi connectivity index (χ0v) is 15.6. The molecule has 1 heteroatoms. The molecule has 0 saturated heterocycles. The van der Waals surface area contributed by atoms with E-state index < -0.39 is 0 Å². The molecule has 1 unspecified atom stereocenters. The lowest BCUT2D eigenvalue weighted by atomic mass is 10.1. The number of rotatable bonds is 4. The average Bonchev–Trinajstić information content (AvgIpc) is 2.72. The van der Waals surface area contributed by atoms with Crippen LogP contribution in [0.3, 0.4) is 0 Å². The van der Waals surface area contributed by atoms with Gasteiger partial charge in [0.15, 0.2) is 14.7 Å². The molecule has 0 aliphatic rings. The molecule has 0 amide bonds. The topological polar surface area (TPSA) is 0 Å². The Bertz CT molecular complexity index is 973. The molecule has 0 nitrogen and oxygen atoms in total. The summed E-state index contributed by atoms with van der Waals surface area (Å²) in [4.78, 5) is 4.07. The lowest BCUT2D eigenvalue weighted by Crippen LogP contribution is -2.06. The Hall–Kier alpha value is -2.77. The maximum absolute atomic E-state index is 2.28. The Morgan fingerprint density at radius 2 is 1.04 bits per heavy atom. The van der Waals surface area contributed by atoms with Gasteiger partial charge in [0.25, 0.3) is 0 Å².